The fourth-order valence-electron chi connectivity index (χ4n) is 3.50. The number of imidazole rings is 1. The summed E-state index contributed by atoms with van der Waals surface area (Å²) in [6, 6.07) is 21.2. The van der Waals surface area contributed by atoms with Crippen LogP contribution >= 0.6 is 0 Å². The van der Waals surface area contributed by atoms with Gasteiger partial charge in [-0.3, -0.25) is 14.0 Å². The number of carbonyl (C=O) groups excluding carboxylic acids is 2. The molecule has 172 valence electrons. The number of nitrogens with one attached hydrogen (secondary N) is 2. The molecule has 0 aliphatic heterocycles. The molecule has 4 aromatic rings. The zero-order valence-electron chi connectivity index (χ0n) is 17.9. The first-order valence-electron chi connectivity index (χ1n) is 10.2. The van der Waals surface area contributed by atoms with Crippen molar-refractivity contribution >= 4 is 28.9 Å². The van der Waals surface area contributed by atoms with E-state index >= 15 is 0 Å². The van der Waals surface area contributed by atoms with E-state index in [9.17, 15) is 22.8 Å². The van der Waals surface area contributed by atoms with Gasteiger partial charge in [-0.2, -0.15) is 13.2 Å². The van der Waals surface area contributed by atoms with Gasteiger partial charge in [0.05, 0.1) is 5.69 Å². The topological polar surface area (TPSA) is 75.5 Å². The maximum absolute atomic E-state index is 12.9. The lowest BCUT2D eigenvalue weighted by atomic mass is 9.98. The van der Waals surface area contributed by atoms with Gasteiger partial charge in [0.2, 0.25) is 5.91 Å². The highest BCUT2D eigenvalue weighted by molar-refractivity contribution is 6.00. The third-order valence-electron chi connectivity index (χ3n) is 5.07. The van der Waals surface area contributed by atoms with Crippen LogP contribution in [0.3, 0.4) is 0 Å². The Morgan fingerprint density at radius 2 is 1.56 bits per heavy atom. The Morgan fingerprint density at radius 3 is 2.18 bits per heavy atom. The van der Waals surface area contributed by atoms with Crippen LogP contribution in [0.5, 0.6) is 0 Å². The van der Waals surface area contributed by atoms with Crippen LogP contribution in [0.25, 0.3) is 22.5 Å². The normalized spacial score (nSPS) is 11.9. The summed E-state index contributed by atoms with van der Waals surface area (Å²) in [6.45, 7) is 0. The predicted octanol–water partition coefficient (Wildman–Crippen LogP) is 4.68. The summed E-state index contributed by atoms with van der Waals surface area (Å²) in [5.41, 5.74) is 3.18. The van der Waals surface area contributed by atoms with Gasteiger partial charge in [0.25, 0.3) is 0 Å². The van der Waals surface area contributed by atoms with E-state index in [1.54, 1.807) is 53.1 Å². The summed E-state index contributed by atoms with van der Waals surface area (Å²) in [6.07, 6.45) is -1.94. The predicted molar refractivity (Wildman–Crippen MR) is 123 cm³/mol. The molecule has 0 atom stereocenters. The molecule has 9 heteroatoms. The molecular formula is C25H19F3N4O2. The minimum Gasteiger partial charge on any atom is -0.356 e. The van der Waals surface area contributed by atoms with Crippen molar-refractivity contribution in [1.82, 2.24) is 14.7 Å². The van der Waals surface area contributed by atoms with Crippen molar-refractivity contribution in [3.63, 3.8) is 0 Å². The van der Waals surface area contributed by atoms with Crippen molar-refractivity contribution in [2.75, 3.05) is 12.4 Å². The van der Waals surface area contributed by atoms with E-state index in [1.165, 1.54) is 13.1 Å². The monoisotopic (exact) mass is 464 g/mol. The van der Waals surface area contributed by atoms with E-state index in [-0.39, 0.29) is 17.4 Å². The molecule has 2 aromatic carbocycles. The van der Waals surface area contributed by atoms with Gasteiger partial charge in [-0.1, -0.05) is 60.7 Å². The number of pyridine rings is 1. The molecule has 0 saturated heterocycles. The molecule has 4 rings (SSSR count). The smallest absolute Gasteiger partial charge is 0.356 e. The van der Waals surface area contributed by atoms with E-state index < -0.39 is 12.1 Å². The highest BCUT2D eigenvalue weighted by Crippen LogP contribution is 2.32. The molecule has 2 heterocycles. The Hall–Kier alpha value is -4.40. The average molecular weight is 464 g/mol. The lowest BCUT2D eigenvalue weighted by Crippen LogP contribution is -2.30. The zero-order chi connectivity index (χ0) is 24.3. The lowest BCUT2D eigenvalue weighted by Gasteiger charge is -2.11. The summed E-state index contributed by atoms with van der Waals surface area (Å²) in [5.74, 6) is -2.65. The molecule has 0 fully saturated rings. The molecule has 2 N–H and O–H groups in total. The molecule has 0 unspecified atom stereocenters. The summed E-state index contributed by atoms with van der Waals surface area (Å²) in [4.78, 5) is 28.1. The number of carbonyl (C=O) groups is 2. The minimum atomic E-state index is -5.06. The quantitative estimate of drug-likeness (QED) is 0.421. The van der Waals surface area contributed by atoms with Crippen LogP contribution in [0, 0.1) is 0 Å². The van der Waals surface area contributed by atoms with Crippen molar-refractivity contribution in [2.24, 2.45) is 0 Å². The first kappa shape index (κ1) is 22.8. The second kappa shape index (κ2) is 9.22. The number of likely N-dealkylation sites (N-methyl/N-ethyl adjacent to an activating group) is 1. The third-order valence-corrected chi connectivity index (χ3v) is 5.07. The van der Waals surface area contributed by atoms with E-state index in [1.807, 2.05) is 35.6 Å². The molecule has 0 radical (unpaired) electrons. The SMILES string of the molecule is CNC(=O)/C=C(\c1ccccc1)c1ccc2nc(NC(=O)C(F)(F)F)c(-c3ccccc3)n2c1. The number of halogens is 3. The summed E-state index contributed by atoms with van der Waals surface area (Å²) < 4.78 is 40.4. The molecular weight excluding hydrogens is 445 g/mol. The first-order valence-corrected chi connectivity index (χ1v) is 10.2. The first-order chi connectivity index (χ1) is 16.3. The summed E-state index contributed by atoms with van der Waals surface area (Å²) in [5, 5.41) is 4.45. The number of aromatic nitrogens is 2. The van der Waals surface area contributed by atoms with Gasteiger partial charge in [-0.15, -0.1) is 0 Å². The standard InChI is InChI=1S/C25H19F3N4O2/c1-29-21(33)14-19(16-8-4-2-5-9-16)18-12-13-20-30-23(31-24(34)25(26,27)28)22(32(20)15-18)17-10-6-3-7-11-17/h2-15H,1H3,(H,29,33)(H,31,34)/b19-14+. The van der Waals surface area contributed by atoms with Crippen molar-refractivity contribution in [2.45, 2.75) is 6.18 Å². The van der Waals surface area contributed by atoms with Gasteiger partial charge in [0.1, 0.15) is 5.65 Å². The Bertz CT molecular complexity index is 1380. The highest BCUT2D eigenvalue weighted by Gasteiger charge is 2.39. The maximum atomic E-state index is 12.9. The number of hydrogen-bond donors (Lipinski definition) is 2. The number of rotatable bonds is 5. The third kappa shape index (κ3) is 4.68. The maximum Gasteiger partial charge on any atom is 0.471 e. The van der Waals surface area contributed by atoms with Gasteiger partial charge in [-0.05, 0) is 28.8 Å². The summed E-state index contributed by atoms with van der Waals surface area (Å²) in [7, 11) is 1.52. The molecule has 0 saturated carbocycles. The van der Waals surface area contributed by atoms with Crippen LogP contribution < -0.4 is 10.6 Å². The van der Waals surface area contributed by atoms with Crippen LogP contribution in [0.15, 0.2) is 85.1 Å². The van der Waals surface area contributed by atoms with Crippen molar-refractivity contribution < 1.29 is 22.8 Å². The number of hydrogen-bond acceptors (Lipinski definition) is 3. The number of anilines is 1. The fraction of sp³-hybridized carbons (Fsp3) is 0.0800. The molecule has 2 aromatic heterocycles. The minimum absolute atomic E-state index is 0.220. The Morgan fingerprint density at radius 1 is 0.912 bits per heavy atom. The van der Waals surface area contributed by atoms with E-state index in [0.717, 1.165) is 5.56 Å². The lowest BCUT2D eigenvalue weighted by molar-refractivity contribution is -0.167. The van der Waals surface area contributed by atoms with Gasteiger partial charge in [-0.25, -0.2) is 4.98 Å². The number of amides is 2. The van der Waals surface area contributed by atoms with Crippen LogP contribution in [-0.2, 0) is 9.59 Å². The van der Waals surface area contributed by atoms with E-state index in [0.29, 0.717) is 22.3 Å². The van der Waals surface area contributed by atoms with E-state index in [2.05, 4.69) is 10.3 Å². The molecule has 0 aliphatic carbocycles. The van der Waals surface area contributed by atoms with Gasteiger partial charge in [0.15, 0.2) is 5.82 Å². The Balaban J connectivity index is 1.93. The van der Waals surface area contributed by atoms with Crippen LogP contribution in [0.2, 0.25) is 0 Å². The molecule has 2 amide bonds. The van der Waals surface area contributed by atoms with Gasteiger partial charge >= 0.3 is 12.1 Å². The Labute approximate surface area is 192 Å². The molecule has 34 heavy (non-hydrogen) atoms. The number of nitrogens with zero attached hydrogens (tertiary/aromatic N) is 2. The molecule has 0 spiro atoms. The molecule has 0 bridgehead atoms. The molecule has 6 nitrogen and oxygen atoms in total. The summed E-state index contributed by atoms with van der Waals surface area (Å²) >= 11 is 0. The second-order valence-electron chi connectivity index (χ2n) is 7.31. The fourth-order valence-corrected chi connectivity index (χ4v) is 3.50. The largest absolute Gasteiger partial charge is 0.471 e. The van der Waals surface area contributed by atoms with Crippen molar-refractivity contribution in [1.29, 1.82) is 0 Å². The molecule has 0 aliphatic rings. The van der Waals surface area contributed by atoms with Gasteiger partial charge < -0.3 is 10.6 Å². The van der Waals surface area contributed by atoms with Crippen molar-refractivity contribution in [3.8, 4) is 11.3 Å². The van der Waals surface area contributed by atoms with Gasteiger partial charge in [0, 0.05) is 24.9 Å². The number of benzene rings is 2. The number of fused-ring (bicyclic) bond motifs is 1. The zero-order valence-corrected chi connectivity index (χ0v) is 17.9. The second-order valence-corrected chi connectivity index (χ2v) is 7.31. The van der Waals surface area contributed by atoms with Crippen LogP contribution in [0.1, 0.15) is 11.1 Å². The van der Waals surface area contributed by atoms with E-state index in [4.69, 9.17) is 0 Å². The number of alkyl halides is 3. The van der Waals surface area contributed by atoms with Crippen LogP contribution in [-0.4, -0.2) is 34.4 Å². The average Bonchev–Trinajstić information content (AvgIpc) is 3.19. The van der Waals surface area contributed by atoms with Crippen molar-refractivity contribution in [3.05, 3.63) is 96.2 Å². The van der Waals surface area contributed by atoms with Crippen LogP contribution in [0.4, 0.5) is 19.0 Å². The highest BCUT2D eigenvalue weighted by atomic mass is 19.4. The Kier molecular flexibility index (Phi) is 6.18.